The van der Waals surface area contributed by atoms with Crippen molar-refractivity contribution in [2.45, 2.75) is 39.5 Å². The number of rotatable bonds is 3. The number of anilines is 1. The van der Waals surface area contributed by atoms with E-state index in [1.807, 2.05) is 0 Å². The van der Waals surface area contributed by atoms with Crippen LogP contribution in [0.15, 0.2) is 16.6 Å². The lowest BCUT2D eigenvalue weighted by Crippen LogP contribution is -2.06. The standard InChI is InChI=1S/C16H19BrN2/c1-3-9-18-16-11-5-4-6-13(11)19-15-10(2)7-8-12(17)14(15)16/h7-8H,3-6,9H2,1-2H3,(H,18,19). The van der Waals surface area contributed by atoms with Gasteiger partial charge in [0.2, 0.25) is 0 Å². The van der Waals surface area contributed by atoms with E-state index in [9.17, 15) is 0 Å². The van der Waals surface area contributed by atoms with Crippen molar-refractivity contribution in [2.24, 2.45) is 0 Å². The summed E-state index contributed by atoms with van der Waals surface area (Å²) in [6.07, 6.45) is 4.65. The Hall–Kier alpha value is -1.09. The monoisotopic (exact) mass is 318 g/mol. The van der Waals surface area contributed by atoms with Gasteiger partial charge < -0.3 is 5.32 Å². The minimum absolute atomic E-state index is 1.02. The van der Waals surface area contributed by atoms with Gasteiger partial charge in [0.25, 0.3) is 0 Å². The number of nitrogens with one attached hydrogen (secondary N) is 1. The molecule has 19 heavy (non-hydrogen) atoms. The molecule has 0 bridgehead atoms. The van der Waals surface area contributed by atoms with Gasteiger partial charge in [0.05, 0.1) is 5.52 Å². The SMILES string of the molecule is CCCNc1c2c(nc3c(C)ccc(Br)c13)CCC2. The second kappa shape index (κ2) is 5.12. The highest BCUT2D eigenvalue weighted by molar-refractivity contribution is 9.10. The van der Waals surface area contributed by atoms with Gasteiger partial charge in [-0.3, -0.25) is 4.98 Å². The molecule has 1 aromatic heterocycles. The van der Waals surface area contributed by atoms with E-state index in [1.165, 1.54) is 34.3 Å². The van der Waals surface area contributed by atoms with Gasteiger partial charge >= 0.3 is 0 Å². The molecule has 0 radical (unpaired) electrons. The number of pyridine rings is 1. The molecule has 1 N–H and O–H groups in total. The Morgan fingerprint density at radius 3 is 2.95 bits per heavy atom. The van der Waals surface area contributed by atoms with E-state index in [0.29, 0.717) is 0 Å². The van der Waals surface area contributed by atoms with E-state index in [2.05, 4.69) is 47.2 Å². The molecule has 0 fully saturated rings. The van der Waals surface area contributed by atoms with Crippen molar-refractivity contribution in [3.8, 4) is 0 Å². The predicted molar refractivity (Wildman–Crippen MR) is 85.0 cm³/mol. The maximum atomic E-state index is 4.91. The zero-order valence-electron chi connectivity index (χ0n) is 11.5. The summed E-state index contributed by atoms with van der Waals surface area (Å²) in [5.74, 6) is 0. The fourth-order valence-electron chi connectivity index (χ4n) is 2.90. The van der Waals surface area contributed by atoms with Crippen molar-refractivity contribution < 1.29 is 0 Å². The first kappa shape index (κ1) is 12.9. The Kier molecular flexibility index (Phi) is 3.48. The van der Waals surface area contributed by atoms with E-state index < -0.39 is 0 Å². The molecule has 0 atom stereocenters. The Morgan fingerprint density at radius 1 is 1.32 bits per heavy atom. The minimum atomic E-state index is 1.02. The van der Waals surface area contributed by atoms with Gasteiger partial charge in [-0.25, -0.2) is 0 Å². The van der Waals surface area contributed by atoms with E-state index in [4.69, 9.17) is 4.98 Å². The van der Waals surface area contributed by atoms with Gasteiger partial charge in [-0.1, -0.05) is 28.9 Å². The quantitative estimate of drug-likeness (QED) is 0.893. The van der Waals surface area contributed by atoms with Gasteiger partial charge in [0.1, 0.15) is 0 Å². The van der Waals surface area contributed by atoms with Crippen LogP contribution in [0, 0.1) is 6.92 Å². The number of nitrogens with zero attached hydrogens (tertiary/aromatic N) is 1. The highest BCUT2D eigenvalue weighted by atomic mass is 79.9. The topological polar surface area (TPSA) is 24.9 Å². The van der Waals surface area contributed by atoms with Crippen molar-refractivity contribution in [1.29, 1.82) is 0 Å². The fraction of sp³-hybridized carbons (Fsp3) is 0.438. The van der Waals surface area contributed by atoms with E-state index >= 15 is 0 Å². The number of fused-ring (bicyclic) bond motifs is 2. The van der Waals surface area contributed by atoms with E-state index in [-0.39, 0.29) is 0 Å². The molecule has 1 heterocycles. The van der Waals surface area contributed by atoms with Gasteiger partial charge in [-0.15, -0.1) is 0 Å². The summed E-state index contributed by atoms with van der Waals surface area (Å²) in [4.78, 5) is 4.91. The first-order chi connectivity index (χ1) is 9.22. The van der Waals surface area contributed by atoms with E-state index in [1.54, 1.807) is 0 Å². The zero-order chi connectivity index (χ0) is 13.4. The van der Waals surface area contributed by atoms with Crippen molar-refractivity contribution in [3.05, 3.63) is 33.4 Å². The third-order valence-electron chi connectivity index (χ3n) is 3.87. The number of hydrogen-bond acceptors (Lipinski definition) is 2. The lowest BCUT2D eigenvalue weighted by molar-refractivity contribution is 0.900. The van der Waals surface area contributed by atoms with Crippen LogP contribution >= 0.6 is 15.9 Å². The van der Waals surface area contributed by atoms with E-state index in [0.717, 1.165) is 35.8 Å². The van der Waals surface area contributed by atoms with Gasteiger partial charge in [-0.2, -0.15) is 0 Å². The lowest BCUT2D eigenvalue weighted by Gasteiger charge is -2.16. The summed E-state index contributed by atoms with van der Waals surface area (Å²) >= 11 is 3.70. The molecule has 0 saturated carbocycles. The molecule has 1 aliphatic carbocycles. The summed E-state index contributed by atoms with van der Waals surface area (Å²) in [5, 5.41) is 4.89. The summed E-state index contributed by atoms with van der Waals surface area (Å²) in [5.41, 5.74) is 6.45. The molecule has 100 valence electrons. The van der Waals surface area contributed by atoms with Crippen molar-refractivity contribution in [2.75, 3.05) is 11.9 Å². The minimum Gasteiger partial charge on any atom is -0.384 e. The maximum Gasteiger partial charge on any atom is 0.0766 e. The smallest absolute Gasteiger partial charge is 0.0766 e. The summed E-state index contributed by atoms with van der Waals surface area (Å²) in [7, 11) is 0. The largest absolute Gasteiger partial charge is 0.384 e. The molecule has 1 aromatic carbocycles. The van der Waals surface area contributed by atoms with Crippen molar-refractivity contribution in [3.63, 3.8) is 0 Å². The fourth-order valence-corrected chi connectivity index (χ4v) is 3.42. The highest BCUT2D eigenvalue weighted by Crippen LogP contribution is 2.38. The molecule has 0 saturated heterocycles. The lowest BCUT2D eigenvalue weighted by atomic mass is 10.0. The highest BCUT2D eigenvalue weighted by Gasteiger charge is 2.21. The molecule has 0 amide bonds. The molecule has 0 aliphatic heterocycles. The Labute approximate surface area is 122 Å². The van der Waals surface area contributed by atoms with Gasteiger partial charge in [0, 0.05) is 27.8 Å². The molecular weight excluding hydrogens is 300 g/mol. The average molecular weight is 319 g/mol. The first-order valence-corrected chi connectivity index (χ1v) is 7.86. The van der Waals surface area contributed by atoms with Crippen LogP contribution in [0.1, 0.15) is 36.6 Å². The maximum absolute atomic E-state index is 4.91. The van der Waals surface area contributed by atoms with Crippen LogP contribution in [0.3, 0.4) is 0 Å². The third kappa shape index (κ3) is 2.14. The van der Waals surface area contributed by atoms with Crippen LogP contribution in [-0.4, -0.2) is 11.5 Å². The number of aromatic nitrogens is 1. The Bertz CT molecular complexity index is 634. The van der Waals surface area contributed by atoms with Crippen LogP contribution < -0.4 is 5.32 Å². The van der Waals surface area contributed by atoms with Crippen molar-refractivity contribution >= 4 is 32.5 Å². The van der Waals surface area contributed by atoms with Gasteiger partial charge in [-0.05, 0) is 49.8 Å². The van der Waals surface area contributed by atoms with Crippen LogP contribution in [0.2, 0.25) is 0 Å². The van der Waals surface area contributed by atoms with Crippen LogP contribution in [0.5, 0.6) is 0 Å². The van der Waals surface area contributed by atoms with Crippen LogP contribution in [0.25, 0.3) is 10.9 Å². The third-order valence-corrected chi connectivity index (χ3v) is 4.53. The predicted octanol–water partition coefficient (Wildman–Crippen LogP) is 4.62. The van der Waals surface area contributed by atoms with Crippen LogP contribution in [0.4, 0.5) is 5.69 Å². The van der Waals surface area contributed by atoms with Crippen LogP contribution in [-0.2, 0) is 12.8 Å². The zero-order valence-corrected chi connectivity index (χ0v) is 13.1. The normalized spacial score (nSPS) is 13.8. The summed E-state index contributed by atoms with van der Waals surface area (Å²) < 4.78 is 1.15. The summed E-state index contributed by atoms with van der Waals surface area (Å²) in [6.45, 7) is 5.37. The molecule has 3 heteroatoms. The average Bonchev–Trinajstić information content (AvgIpc) is 2.87. The molecule has 0 spiro atoms. The number of aryl methyl sites for hydroxylation is 2. The molecule has 0 unspecified atom stereocenters. The Balaban J connectivity index is 2.31. The van der Waals surface area contributed by atoms with Gasteiger partial charge in [0.15, 0.2) is 0 Å². The molecule has 1 aliphatic rings. The first-order valence-electron chi connectivity index (χ1n) is 7.06. The summed E-state index contributed by atoms with van der Waals surface area (Å²) in [6, 6.07) is 4.28. The van der Waals surface area contributed by atoms with Crippen molar-refractivity contribution in [1.82, 2.24) is 4.98 Å². The molecule has 2 aromatic rings. The molecule has 3 rings (SSSR count). The molecular formula is C16H19BrN2. The molecule has 2 nitrogen and oxygen atoms in total. The number of halogens is 1. The second-order valence-corrected chi connectivity index (χ2v) is 6.13. The Morgan fingerprint density at radius 2 is 2.16 bits per heavy atom. The number of hydrogen-bond donors (Lipinski definition) is 1. The number of benzene rings is 1. The second-order valence-electron chi connectivity index (χ2n) is 5.28.